The Labute approximate surface area is 149 Å². The molecule has 2 heterocycles. The minimum absolute atomic E-state index is 0.00677. The van der Waals surface area contributed by atoms with E-state index in [-0.39, 0.29) is 17.6 Å². The van der Waals surface area contributed by atoms with Crippen LogP contribution >= 0.6 is 0 Å². The van der Waals surface area contributed by atoms with Gasteiger partial charge in [0.25, 0.3) is 0 Å². The van der Waals surface area contributed by atoms with Crippen molar-refractivity contribution >= 4 is 15.9 Å². The highest BCUT2D eigenvalue weighted by Gasteiger charge is 2.30. The molecule has 8 nitrogen and oxygen atoms in total. The number of piperidine rings is 1. The molecule has 1 N–H and O–H groups in total. The molecular formula is C16H28N4O4S. The third-order valence-corrected chi connectivity index (χ3v) is 6.37. The number of rotatable bonds is 9. The van der Waals surface area contributed by atoms with Gasteiger partial charge in [-0.05, 0) is 32.6 Å². The summed E-state index contributed by atoms with van der Waals surface area (Å²) in [6.45, 7) is 5.17. The Morgan fingerprint density at radius 2 is 2.04 bits per heavy atom. The Kier molecular flexibility index (Phi) is 7.37. The van der Waals surface area contributed by atoms with E-state index in [9.17, 15) is 13.2 Å². The molecule has 9 heteroatoms. The summed E-state index contributed by atoms with van der Waals surface area (Å²) in [5.41, 5.74) is 0. The van der Waals surface area contributed by atoms with E-state index in [4.69, 9.17) is 4.52 Å². The van der Waals surface area contributed by atoms with Gasteiger partial charge < -0.3 is 9.84 Å². The molecule has 1 aliphatic heterocycles. The van der Waals surface area contributed by atoms with Crippen molar-refractivity contribution in [2.24, 2.45) is 5.92 Å². The summed E-state index contributed by atoms with van der Waals surface area (Å²) < 4.78 is 30.9. The van der Waals surface area contributed by atoms with Crippen LogP contribution in [0.5, 0.6) is 0 Å². The van der Waals surface area contributed by atoms with Crippen LogP contribution in [-0.2, 0) is 21.2 Å². The van der Waals surface area contributed by atoms with Crippen LogP contribution in [0.2, 0.25) is 0 Å². The lowest BCUT2D eigenvalue weighted by atomic mass is 9.97. The summed E-state index contributed by atoms with van der Waals surface area (Å²) in [5, 5.41) is 6.64. The topological polar surface area (TPSA) is 105 Å². The van der Waals surface area contributed by atoms with E-state index in [1.807, 2.05) is 6.92 Å². The molecule has 1 aromatic rings. The van der Waals surface area contributed by atoms with Gasteiger partial charge in [0.05, 0.1) is 5.75 Å². The molecule has 1 saturated heterocycles. The molecule has 1 amide bonds. The molecule has 0 atom stereocenters. The van der Waals surface area contributed by atoms with Crippen LogP contribution in [0.4, 0.5) is 0 Å². The van der Waals surface area contributed by atoms with E-state index in [1.165, 1.54) is 4.31 Å². The molecule has 0 saturated carbocycles. The molecule has 0 radical (unpaired) electrons. The monoisotopic (exact) mass is 372 g/mol. The zero-order valence-corrected chi connectivity index (χ0v) is 15.8. The standard InChI is InChI=1S/C16H28N4O4S/c1-3-4-12-25(22,23)20-10-7-14(8-11-20)16(21)17-9-5-6-15-18-13(2)19-24-15/h14H,3-12H2,1-2H3,(H,17,21). The maximum atomic E-state index is 12.2. The first-order valence-electron chi connectivity index (χ1n) is 8.97. The van der Waals surface area contributed by atoms with Crippen LogP contribution in [0.25, 0.3) is 0 Å². The third-order valence-electron chi connectivity index (χ3n) is 4.41. The van der Waals surface area contributed by atoms with E-state index in [0.29, 0.717) is 57.0 Å². The normalized spacial score (nSPS) is 16.9. The number of hydrogen-bond donors (Lipinski definition) is 1. The zero-order valence-electron chi connectivity index (χ0n) is 15.0. The van der Waals surface area contributed by atoms with Crippen LogP contribution in [-0.4, -0.2) is 54.2 Å². The average molecular weight is 372 g/mol. The molecular weight excluding hydrogens is 344 g/mol. The lowest BCUT2D eigenvalue weighted by Crippen LogP contribution is -2.43. The van der Waals surface area contributed by atoms with Gasteiger partial charge in [0.2, 0.25) is 21.8 Å². The Bertz CT molecular complexity index is 651. The molecule has 0 spiro atoms. The van der Waals surface area contributed by atoms with Crippen molar-refractivity contribution in [2.45, 2.75) is 52.4 Å². The smallest absolute Gasteiger partial charge is 0.226 e. The van der Waals surface area contributed by atoms with Gasteiger partial charge in [-0.1, -0.05) is 18.5 Å². The number of aromatic nitrogens is 2. The van der Waals surface area contributed by atoms with Gasteiger partial charge in [-0.15, -0.1) is 0 Å². The molecule has 0 aliphatic carbocycles. The molecule has 1 aromatic heterocycles. The number of sulfonamides is 1. The van der Waals surface area contributed by atoms with Gasteiger partial charge in [0, 0.05) is 32.0 Å². The molecule has 25 heavy (non-hydrogen) atoms. The highest BCUT2D eigenvalue weighted by Crippen LogP contribution is 2.20. The number of unbranched alkanes of at least 4 members (excludes halogenated alkanes) is 1. The second-order valence-electron chi connectivity index (χ2n) is 6.47. The predicted octanol–water partition coefficient (Wildman–Crippen LogP) is 1.27. The van der Waals surface area contributed by atoms with E-state index >= 15 is 0 Å². The molecule has 1 fully saturated rings. The van der Waals surface area contributed by atoms with Crippen LogP contribution in [0.15, 0.2) is 4.52 Å². The number of nitrogens with one attached hydrogen (secondary N) is 1. The van der Waals surface area contributed by atoms with E-state index in [2.05, 4.69) is 15.5 Å². The molecule has 0 aromatic carbocycles. The van der Waals surface area contributed by atoms with Crippen molar-refractivity contribution in [1.29, 1.82) is 0 Å². The van der Waals surface area contributed by atoms with Crippen LogP contribution in [0.3, 0.4) is 0 Å². The van der Waals surface area contributed by atoms with Crippen molar-refractivity contribution in [3.05, 3.63) is 11.7 Å². The molecule has 0 bridgehead atoms. The lowest BCUT2D eigenvalue weighted by Gasteiger charge is -2.30. The summed E-state index contributed by atoms with van der Waals surface area (Å²) >= 11 is 0. The predicted molar refractivity (Wildman–Crippen MR) is 93.4 cm³/mol. The van der Waals surface area contributed by atoms with Crippen LogP contribution in [0, 0.1) is 12.8 Å². The number of aryl methyl sites for hydroxylation is 2. The first kappa shape index (κ1) is 19.8. The second-order valence-corrected chi connectivity index (χ2v) is 8.56. The summed E-state index contributed by atoms with van der Waals surface area (Å²) in [5.74, 6) is 1.29. The number of nitrogens with zero attached hydrogens (tertiary/aromatic N) is 3. The number of carbonyl (C=O) groups is 1. The summed E-state index contributed by atoms with van der Waals surface area (Å²) in [7, 11) is -3.17. The first-order valence-corrected chi connectivity index (χ1v) is 10.6. The highest BCUT2D eigenvalue weighted by molar-refractivity contribution is 7.89. The van der Waals surface area contributed by atoms with E-state index < -0.39 is 10.0 Å². The Balaban J connectivity index is 1.67. The first-order chi connectivity index (χ1) is 11.9. The number of carbonyl (C=O) groups excluding carboxylic acids is 1. The molecule has 1 aliphatic rings. The maximum absolute atomic E-state index is 12.2. The van der Waals surface area contributed by atoms with Gasteiger partial charge in [-0.2, -0.15) is 4.98 Å². The van der Waals surface area contributed by atoms with Gasteiger partial charge in [-0.3, -0.25) is 4.79 Å². The lowest BCUT2D eigenvalue weighted by molar-refractivity contribution is -0.126. The molecule has 2 rings (SSSR count). The van der Waals surface area contributed by atoms with Gasteiger partial charge in [0.15, 0.2) is 5.82 Å². The zero-order chi connectivity index (χ0) is 18.3. The van der Waals surface area contributed by atoms with Crippen molar-refractivity contribution < 1.29 is 17.7 Å². The van der Waals surface area contributed by atoms with Gasteiger partial charge >= 0.3 is 0 Å². The number of amides is 1. The SMILES string of the molecule is CCCCS(=O)(=O)N1CCC(C(=O)NCCCc2nc(C)no2)CC1. The highest BCUT2D eigenvalue weighted by atomic mass is 32.2. The Hall–Kier alpha value is -1.48. The average Bonchev–Trinajstić information content (AvgIpc) is 3.02. The molecule has 0 unspecified atom stereocenters. The maximum Gasteiger partial charge on any atom is 0.226 e. The van der Waals surface area contributed by atoms with Crippen molar-refractivity contribution in [2.75, 3.05) is 25.4 Å². The fourth-order valence-electron chi connectivity index (χ4n) is 2.89. The minimum atomic E-state index is -3.17. The van der Waals surface area contributed by atoms with Gasteiger partial charge in [-0.25, -0.2) is 12.7 Å². The quantitative estimate of drug-likeness (QED) is 0.655. The Morgan fingerprint density at radius 1 is 1.32 bits per heavy atom. The summed E-state index contributed by atoms with van der Waals surface area (Å²) in [6.07, 6.45) is 4.08. The van der Waals surface area contributed by atoms with Crippen LogP contribution in [0.1, 0.15) is 50.7 Å². The fraction of sp³-hybridized carbons (Fsp3) is 0.812. The second kappa shape index (κ2) is 9.28. The Morgan fingerprint density at radius 3 is 2.64 bits per heavy atom. The summed E-state index contributed by atoms with van der Waals surface area (Å²) in [4.78, 5) is 16.3. The largest absolute Gasteiger partial charge is 0.356 e. The van der Waals surface area contributed by atoms with Gasteiger partial charge in [0.1, 0.15) is 0 Å². The fourth-order valence-corrected chi connectivity index (χ4v) is 4.57. The minimum Gasteiger partial charge on any atom is -0.356 e. The van der Waals surface area contributed by atoms with Crippen molar-refractivity contribution in [3.8, 4) is 0 Å². The van der Waals surface area contributed by atoms with Crippen LogP contribution < -0.4 is 5.32 Å². The van der Waals surface area contributed by atoms with E-state index in [0.717, 1.165) is 12.8 Å². The van der Waals surface area contributed by atoms with E-state index in [1.54, 1.807) is 6.92 Å². The number of hydrogen-bond acceptors (Lipinski definition) is 6. The third kappa shape index (κ3) is 6.07. The van der Waals surface area contributed by atoms with Crippen molar-refractivity contribution in [1.82, 2.24) is 19.8 Å². The van der Waals surface area contributed by atoms with Crippen molar-refractivity contribution in [3.63, 3.8) is 0 Å². The molecule has 142 valence electrons. The summed E-state index contributed by atoms with van der Waals surface area (Å²) in [6, 6.07) is 0.